The summed E-state index contributed by atoms with van der Waals surface area (Å²) in [6, 6.07) is 3.42. The molecule has 4 N–H and O–H groups in total. The normalized spacial score (nSPS) is 9.06. The monoisotopic (exact) mass is 251 g/mol. The smallest absolute Gasteiger partial charge is 0.261 e. The molecule has 90 valence electrons. The molecule has 0 unspecified atom stereocenters. The Morgan fingerprint density at radius 1 is 1.47 bits per heavy atom. The van der Waals surface area contributed by atoms with Gasteiger partial charge in [0.2, 0.25) is 5.91 Å². The van der Waals surface area contributed by atoms with Gasteiger partial charge in [0, 0.05) is 7.05 Å². The van der Waals surface area contributed by atoms with Gasteiger partial charge in [0.25, 0.3) is 5.91 Å². The van der Waals surface area contributed by atoms with E-state index in [9.17, 15) is 9.59 Å². The summed E-state index contributed by atoms with van der Waals surface area (Å²) in [6.45, 7) is 0.257. The first-order chi connectivity index (χ1) is 8.17. The minimum Gasteiger partial charge on any atom is -0.358 e. The number of hydrogen-bond acceptors (Lipinski definition) is 4. The molecule has 1 aromatic rings. The highest BCUT2D eigenvalue weighted by Gasteiger charge is 2.09. The highest BCUT2D eigenvalue weighted by molar-refractivity contribution is 7.14. The largest absolute Gasteiger partial charge is 0.358 e. The minimum absolute atomic E-state index is 0.0307. The molecule has 0 spiro atoms. The van der Waals surface area contributed by atoms with Crippen molar-refractivity contribution in [3.63, 3.8) is 0 Å². The van der Waals surface area contributed by atoms with Crippen molar-refractivity contribution in [2.24, 2.45) is 5.73 Å². The van der Waals surface area contributed by atoms with Crippen LogP contribution in [0.4, 0.5) is 0 Å². The average molecular weight is 251 g/mol. The summed E-state index contributed by atoms with van der Waals surface area (Å²) in [7, 11) is 1.51. The fraction of sp³-hybridized carbons (Fsp3) is 0.273. The molecule has 0 atom stereocenters. The second-order valence-corrected chi connectivity index (χ2v) is 4.11. The van der Waals surface area contributed by atoms with Gasteiger partial charge in [0.1, 0.15) is 0 Å². The Labute approximate surface area is 103 Å². The van der Waals surface area contributed by atoms with Crippen LogP contribution < -0.4 is 16.4 Å². The van der Waals surface area contributed by atoms with E-state index in [1.54, 1.807) is 12.1 Å². The summed E-state index contributed by atoms with van der Waals surface area (Å²) < 4.78 is 0. The van der Waals surface area contributed by atoms with E-state index < -0.39 is 0 Å². The van der Waals surface area contributed by atoms with Gasteiger partial charge in [-0.3, -0.25) is 9.59 Å². The zero-order valence-electron chi connectivity index (χ0n) is 9.37. The van der Waals surface area contributed by atoms with Crippen LogP contribution in [0.25, 0.3) is 0 Å². The number of rotatable bonds is 3. The first kappa shape index (κ1) is 13.2. The zero-order chi connectivity index (χ0) is 12.7. The Hall–Kier alpha value is -1.84. The molecule has 0 saturated carbocycles. The number of thiophene rings is 1. The van der Waals surface area contributed by atoms with Crippen molar-refractivity contribution in [3.8, 4) is 11.8 Å². The molecule has 2 amide bonds. The van der Waals surface area contributed by atoms with E-state index in [4.69, 9.17) is 5.73 Å². The predicted molar refractivity (Wildman–Crippen MR) is 66.7 cm³/mol. The maximum Gasteiger partial charge on any atom is 0.261 e. The van der Waals surface area contributed by atoms with E-state index in [1.807, 2.05) is 0 Å². The highest BCUT2D eigenvalue weighted by Crippen LogP contribution is 2.14. The Morgan fingerprint density at radius 3 is 2.88 bits per heavy atom. The molecule has 0 bridgehead atoms. The lowest BCUT2D eigenvalue weighted by Gasteiger charge is -2.01. The molecule has 17 heavy (non-hydrogen) atoms. The van der Waals surface area contributed by atoms with Crippen molar-refractivity contribution in [1.29, 1.82) is 0 Å². The van der Waals surface area contributed by atoms with Crippen molar-refractivity contribution in [2.75, 3.05) is 20.1 Å². The van der Waals surface area contributed by atoms with Crippen LogP contribution in [0.5, 0.6) is 0 Å². The molecule has 1 heterocycles. The lowest BCUT2D eigenvalue weighted by molar-refractivity contribution is -0.119. The van der Waals surface area contributed by atoms with Crippen molar-refractivity contribution < 1.29 is 9.59 Å². The van der Waals surface area contributed by atoms with Crippen LogP contribution in [-0.2, 0) is 4.79 Å². The van der Waals surface area contributed by atoms with E-state index in [2.05, 4.69) is 22.5 Å². The molecular formula is C11H13N3O2S. The van der Waals surface area contributed by atoms with Gasteiger partial charge in [-0.2, -0.15) is 0 Å². The highest BCUT2D eigenvalue weighted by atomic mass is 32.1. The van der Waals surface area contributed by atoms with Gasteiger partial charge in [-0.25, -0.2) is 0 Å². The molecule has 0 saturated heterocycles. The van der Waals surface area contributed by atoms with Gasteiger partial charge >= 0.3 is 0 Å². The lowest BCUT2D eigenvalue weighted by atomic mass is 10.4. The van der Waals surface area contributed by atoms with Gasteiger partial charge in [-0.1, -0.05) is 11.8 Å². The van der Waals surface area contributed by atoms with Gasteiger partial charge < -0.3 is 16.4 Å². The van der Waals surface area contributed by atoms with Crippen molar-refractivity contribution in [1.82, 2.24) is 10.6 Å². The number of likely N-dealkylation sites (N-methyl/N-ethyl adjacent to an activating group) is 1. The molecule has 6 heteroatoms. The SMILES string of the molecule is CNC(=O)CNC(=O)c1ccc(C#CCN)s1. The van der Waals surface area contributed by atoms with Crippen molar-refractivity contribution in [3.05, 3.63) is 21.9 Å². The van der Waals surface area contributed by atoms with Crippen LogP contribution in [0.15, 0.2) is 12.1 Å². The van der Waals surface area contributed by atoms with E-state index in [0.29, 0.717) is 4.88 Å². The molecule has 0 aromatic carbocycles. The summed E-state index contributed by atoms with van der Waals surface area (Å²) >= 11 is 1.27. The average Bonchev–Trinajstić information content (AvgIpc) is 2.81. The molecule has 0 radical (unpaired) electrons. The van der Waals surface area contributed by atoms with Gasteiger partial charge in [-0.15, -0.1) is 11.3 Å². The molecule has 0 aliphatic heterocycles. The first-order valence-electron chi connectivity index (χ1n) is 4.95. The molecule has 5 nitrogen and oxygen atoms in total. The molecular weight excluding hydrogens is 238 g/mol. The third-order valence-electron chi connectivity index (χ3n) is 1.83. The summed E-state index contributed by atoms with van der Waals surface area (Å²) in [4.78, 5) is 23.8. The van der Waals surface area contributed by atoms with E-state index >= 15 is 0 Å². The quantitative estimate of drug-likeness (QED) is 0.635. The number of carbonyl (C=O) groups is 2. The zero-order valence-corrected chi connectivity index (χ0v) is 10.2. The van der Waals surface area contributed by atoms with E-state index in [0.717, 1.165) is 4.88 Å². The van der Waals surface area contributed by atoms with Crippen molar-refractivity contribution >= 4 is 23.2 Å². The van der Waals surface area contributed by atoms with E-state index in [1.165, 1.54) is 18.4 Å². The number of carbonyl (C=O) groups excluding carboxylic acids is 2. The topological polar surface area (TPSA) is 84.2 Å². The molecule has 0 aliphatic rings. The third-order valence-corrected chi connectivity index (χ3v) is 2.83. The van der Waals surface area contributed by atoms with Gasteiger partial charge in [-0.05, 0) is 12.1 Å². The number of nitrogens with two attached hydrogens (primary N) is 1. The van der Waals surface area contributed by atoms with Crippen LogP contribution in [0.3, 0.4) is 0 Å². The number of amides is 2. The fourth-order valence-corrected chi connectivity index (χ4v) is 1.80. The Bertz CT molecular complexity index is 471. The number of nitrogens with one attached hydrogen (secondary N) is 2. The summed E-state index contributed by atoms with van der Waals surface area (Å²) in [5.41, 5.74) is 5.25. The van der Waals surface area contributed by atoms with Gasteiger partial charge in [0.15, 0.2) is 0 Å². The van der Waals surface area contributed by atoms with Gasteiger partial charge in [0.05, 0.1) is 22.8 Å². The van der Waals surface area contributed by atoms with Crippen LogP contribution in [0.2, 0.25) is 0 Å². The Morgan fingerprint density at radius 2 is 2.24 bits per heavy atom. The molecule has 0 fully saturated rings. The fourth-order valence-electron chi connectivity index (χ4n) is 1.00. The maximum absolute atomic E-state index is 11.6. The third kappa shape index (κ3) is 4.26. The predicted octanol–water partition coefficient (Wildman–Crippen LogP) is -0.466. The lowest BCUT2D eigenvalue weighted by Crippen LogP contribution is -2.34. The standard InChI is InChI=1S/C11H13N3O2S/c1-13-10(15)7-14-11(16)9-5-4-8(17-9)3-2-6-12/h4-5H,6-7,12H2,1H3,(H,13,15)(H,14,16). The Kier molecular flexibility index (Phi) is 5.20. The second-order valence-electron chi connectivity index (χ2n) is 3.03. The number of hydrogen-bond donors (Lipinski definition) is 3. The Balaban J connectivity index is 2.58. The van der Waals surface area contributed by atoms with Crippen molar-refractivity contribution in [2.45, 2.75) is 0 Å². The van der Waals surface area contributed by atoms with Crippen LogP contribution in [0.1, 0.15) is 14.5 Å². The molecule has 0 aliphatic carbocycles. The summed E-state index contributed by atoms with van der Waals surface area (Å²) in [6.07, 6.45) is 0. The van der Waals surface area contributed by atoms with Crippen LogP contribution >= 0.6 is 11.3 Å². The second kappa shape index (κ2) is 6.68. The minimum atomic E-state index is -0.278. The molecule has 1 aromatic heterocycles. The summed E-state index contributed by atoms with van der Waals surface area (Å²) in [5.74, 6) is 5.03. The van der Waals surface area contributed by atoms with Crippen LogP contribution in [0, 0.1) is 11.8 Å². The summed E-state index contributed by atoms with van der Waals surface area (Å²) in [5, 5.41) is 4.92. The maximum atomic E-state index is 11.6. The van der Waals surface area contributed by atoms with E-state index in [-0.39, 0.29) is 24.9 Å². The first-order valence-corrected chi connectivity index (χ1v) is 5.76. The molecule has 1 rings (SSSR count). The van der Waals surface area contributed by atoms with Crippen LogP contribution in [-0.4, -0.2) is 32.0 Å².